The van der Waals surface area contributed by atoms with E-state index in [1.807, 2.05) is 6.92 Å². The number of hydrogen-bond acceptors (Lipinski definition) is 2. The van der Waals surface area contributed by atoms with Crippen molar-refractivity contribution in [1.82, 2.24) is 9.97 Å². The smallest absolute Gasteiger partial charge is 0.132 e. The van der Waals surface area contributed by atoms with Crippen LogP contribution in [0.1, 0.15) is 11.5 Å². The van der Waals surface area contributed by atoms with Crippen LogP contribution < -0.4 is 0 Å². The van der Waals surface area contributed by atoms with Crippen LogP contribution in [-0.4, -0.2) is 9.97 Å². The fourth-order valence-corrected chi connectivity index (χ4v) is 1.66. The average Bonchev–Trinajstić information content (AvgIpc) is 2.60. The molecule has 0 spiro atoms. The predicted octanol–water partition coefficient (Wildman–Crippen LogP) is 2.95. The van der Waals surface area contributed by atoms with Crippen LogP contribution >= 0.6 is 12.6 Å². The molecule has 0 saturated heterocycles. The van der Waals surface area contributed by atoms with E-state index in [9.17, 15) is 4.39 Å². The SMILES string of the molecule is Cc1[nH]c(CS)nc1-c1ccccc1F. The predicted molar refractivity (Wildman–Crippen MR) is 61.4 cm³/mol. The molecule has 0 atom stereocenters. The molecule has 0 unspecified atom stereocenters. The minimum atomic E-state index is -0.252. The number of aryl methyl sites for hydroxylation is 1. The minimum absolute atomic E-state index is 0.252. The van der Waals surface area contributed by atoms with Crippen LogP contribution in [0.5, 0.6) is 0 Å². The summed E-state index contributed by atoms with van der Waals surface area (Å²) in [6.07, 6.45) is 0. The first-order valence-electron chi connectivity index (χ1n) is 4.63. The largest absolute Gasteiger partial charge is 0.345 e. The van der Waals surface area contributed by atoms with Crippen molar-refractivity contribution in [3.63, 3.8) is 0 Å². The fourth-order valence-electron chi connectivity index (χ4n) is 1.51. The number of hydrogen-bond donors (Lipinski definition) is 2. The maximum absolute atomic E-state index is 13.5. The van der Waals surface area contributed by atoms with Gasteiger partial charge in [-0.15, -0.1) is 0 Å². The van der Waals surface area contributed by atoms with E-state index < -0.39 is 0 Å². The Kier molecular flexibility index (Phi) is 2.77. The highest BCUT2D eigenvalue weighted by molar-refractivity contribution is 7.79. The molecule has 2 rings (SSSR count). The van der Waals surface area contributed by atoms with E-state index in [4.69, 9.17) is 0 Å². The van der Waals surface area contributed by atoms with Crippen molar-refractivity contribution >= 4 is 12.6 Å². The Bertz CT molecular complexity index is 479. The second kappa shape index (κ2) is 4.06. The molecule has 78 valence electrons. The first kappa shape index (κ1) is 10.2. The lowest BCUT2D eigenvalue weighted by Crippen LogP contribution is -1.86. The zero-order chi connectivity index (χ0) is 10.8. The molecular weight excluding hydrogens is 211 g/mol. The molecule has 2 aromatic rings. The standard InChI is InChI=1S/C11H11FN2S/c1-7-11(14-10(6-15)13-7)8-4-2-3-5-9(8)12/h2-5,15H,6H2,1H3,(H,13,14). The number of imidazole rings is 1. The number of aromatic amines is 1. The summed E-state index contributed by atoms with van der Waals surface area (Å²) in [5, 5.41) is 0. The minimum Gasteiger partial charge on any atom is -0.345 e. The number of aromatic nitrogens is 2. The summed E-state index contributed by atoms with van der Waals surface area (Å²) < 4.78 is 13.5. The van der Waals surface area contributed by atoms with Gasteiger partial charge >= 0.3 is 0 Å². The first-order valence-corrected chi connectivity index (χ1v) is 5.27. The number of halogens is 1. The number of thiol groups is 1. The third-order valence-corrected chi connectivity index (χ3v) is 2.51. The fraction of sp³-hybridized carbons (Fsp3) is 0.182. The molecule has 0 amide bonds. The summed E-state index contributed by atoms with van der Waals surface area (Å²) in [6.45, 7) is 1.88. The highest BCUT2D eigenvalue weighted by Crippen LogP contribution is 2.24. The quantitative estimate of drug-likeness (QED) is 0.751. The summed E-state index contributed by atoms with van der Waals surface area (Å²) in [7, 11) is 0. The van der Waals surface area contributed by atoms with Gasteiger partial charge in [-0.1, -0.05) is 12.1 Å². The third kappa shape index (κ3) is 1.90. The van der Waals surface area contributed by atoms with Gasteiger partial charge in [-0.05, 0) is 19.1 Å². The van der Waals surface area contributed by atoms with Crippen LogP contribution in [0.4, 0.5) is 4.39 Å². The Morgan fingerprint density at radius 3 is 2.73 bits per heavy atom. The van der Waals surface area contributed by atoms with Crippen molar-refractivity contribution in [2.75, 3.05) is 0 Å². The van der Waals surface area contributed by atoms with Gasteiger partial charge in [0.2, 0.25) is 0 Å². The molecular formula is C11H11FN2S. The lowest BCUT2D eigenvalue weighted by atomic mass is 10.1. The van der Waals surface area contributed by atoms with Gasteiger partial charge in [0, 0.05) is 17.0 Å². The van der Waals surface area contributed by atoms with Crippen LogP contribution in [0.2, 0.25) is 0 Å². The number of benzene rings is 1. The Morgan fingerprint density at radius 2 is 2.13 bits per heavy atom. The second-order valence-electron chi connectivity index (χ2n) is 3.30. The molecule has 4 heteroatoms. The lowest BCUT2D eigenvalue weighted by Gasteiger charge is -1.99. The maximum atomic E-state index is 13.5. The van der Waals surface area contributed by atoms with Crippen LogP contribution in [0.15, 0.2) is 24.3 Å². The Morgan fingerprint density at radius 1 is 1.40 bits per heavy atom. The van der Waals surface area contributed by atoms with Crippen LogP contribution in [0.3, 0.4) is 0 Å². The lowest BCUT2D eigenvalue weighted by molar-refractivity contribution is 0.630. The van der Waals surface area contributed by atoms with Crippen molar-refractivity contribution in [3.05, 3.63) is 41.6 Å². The summed E-state index contributed by atoms with van der Waals surface area (Å²) in [6, 6.07) is 6.62. The van der Waals surface area contributed by atoms with Crippen molar-refractivity contribution in [2.45, 2.75) is 12.7 Å². The van der Waals surface area contributed by atoms with Crippen molar-refractivity contribution in [3.8, 4) is 11.3 Å². The van der Waals surface area contributed by atoms with Gasteiger partial charge < -0.3 is 4.98 Å². The molecule has 0 aliphatic rings. The Labute approximate surface area is 93.0 Å². The van der Waals surface area contributed by atoms with Crippen molar-refractivity contribution in [2.24, 2.45) is 0 Å². The van der Waals surface area contributed by atoms with Crippen LogP contribution in [-0.2, 0) is 5.75 Å². The summed E-state index contributed by atoms with van der Waals surface area (Å²) in [5.41, 5.74) is 2.06. The Hall–Kier alpha value is -1.29. The van der Waals surface area contributed by atoms with E-state index in [-0.39, 0.29) is 5.82 Å². The van der Waals surface area contributed by atoms with Gasteiger partial charge in [0.25, 0.3) is 0 Å². The van der Waals surface area contributed by atoms with Crippen molar-refractivity contribution in [1.29, 1.82) is 0 Å². The van der Waals surface area contributed by atoms with E-state index >= 15 is 0 Å². The monoisotopic (exact) mass is 222 g/mol. The van der Waals surface area contributed by atoms with E-state index in [0.29, 0.717) is 17.0 Å². The number of nitrogens with zero attached hydrogens (tertiary/aromatic N) is 1. The van der Waals surface area contributed by atoms with Gasteiger partial charge in [-0.2, -0.15) is 12.6 Å². The van der Waals surface area contributed by atoms with Gasteiger partial charge in [-0.3, -0.25) is 0 Å². The maximum Gasteiger partial charge on any atom is 0.132 e. The van der Waals surface area contributed by atoms with Crippen LogP contribution in [0.25, 0.3) is 11.3 Å². The molecule has 15 heavy (non-hydrogen) atoms. The molecule has 0 fully saturated rings. The van der Waals surface area contributed by atoms with E-state index in [2.05, 4.69) is 22.6 Å². The van der Waals surface area contributed by atoms with E-state index in [1.54, 1.807) is 18.2 Å². The molecule has 1 N–H and O–H groups in total. The topological polar surface area (TPSA) is 28.7 Å². The van der Waals surface area contributed by atoms with Crippen molar-refractivity contribution < 1.29 is 4.39 Å². The second-order valence-corrected chi connectivity index (χ2v) is 3.61. The summed E-state index contributed by atoms with van der Waals surface area (Å²) >= 11 is 4.12. The van der Waals surface area contributed by atoms with Crippen LogP contribution in [0, 0.1) is 12.7 Å². The average molecular weight is 222 g/mol. The summed E-state index contributed by atoms with van der Waals surface area (Å²) in [4.78, 5) is 7.35. The van der Waals surface area contributed by atoms with E-state index in [1.165, 1.54) is 6.07 Å². The number of rotatable bonds is 2. The summed E-state index contributed by atoms with van der Waals surface area (Å²) in [5.74, 6) is 1.03. The highest BCUT2D eigenvalue weighted by atomic mass is 32.1. The molecule has 0 saturated carbocycles. The molecule has 0 bridgehead atoms. The highest BCUT2D eigenvalue weighted by Gasteiger charge is 2.11. The Balaban J connectivity index is 2.54. The van der Waals surface area contributed by atoms with Gasteiger partial charge in [0.05, 0.1) is 5.69 Å². The molecule has 2 nitrogen and oxygen atoms in total. The molecule has 1 heterocycles. The molecule has 0 aliphatic carbocycles. The molecule has 0 aliphatic heterocycles. The molecule has 0 radical (unpaired) electrons. The zero-order valence-corrected chi connectivity index (χ0v) is 9.18. The molecule has 1 aromatic heterocycles. The zero-order valence-electron chi connectivity index (χ0n) is 8.29. The number of H-pyrrole nitrogens is 1. The van der Waals surface area contributed by atoms with E-state index in [0.717, 1.165) is 11.5 Å². The first-order chi connectivity index (χ1) is 7.22. The van der Waals surface area contributed by atoms with Gasteiger partial charge in [0.1, 0.15) is 11.6 Å². The number of nitrogens with one attached hydrogen (secondary N) is 1. The molecule has 1 aromatic carbocycles. The third-order valence-electron chi connectivity index (χ3n) is 2.21. The van der Waals surface area contributed by atoms with Gasteiger partial charge in [0.15, 0.2) is 0 Å². The van der Waals surface area contributed by atoms with Gasteiger partial charge in [-0.25, -0.2) is 9.37 Å². The normalized spacial score (nSPS) is 10.6.